The molecule has 0 spiro atoms. The van der Waals surface area contributed by atoms with E-state index in [2.05, 4.69) is 40.7 Å². The third-order valence-corrected chi connectivity index (χ3v) is 7.97. The minimum atomic E-state index is 0.560. The summed E-state index contributed by atoms with van der Waals surface area (Å²) in [6.45, 7) is 11.6. The largest absolute Gasteiger partial charge is 0.508 e. The molecule has 0 aliphatic carbocycles. The predicted octanol–water partition coefficient (Wildman–Crippen LogP) is 11.8. The van der Waals surface area contributed by atoms with Gasteiger partial charge >= 0.3 is 0 Å². The monoisotopic (exact) mass is 500 g/mol. The first-order valence-electron chi connectivity index (χ1n) is 16.3. The molecule has 1 rings (SSSR count). The molecule has 1 aromatic carbocycles. The summed E-state index contributed by atoms with van der Waals surface area (Å²) in [6, 6.07) is 4.25. The maximum Gasteiger partial charge on any atom is 0.119 e. The van der Waals surface area contributed by atoms with E-state index >= 15 is 0 Å². The van der Waals surface area contributed by atoms with E-state index in [1.165, 1.54) is 145 Å². The van der Waals surface area contributed by atoms with Crippen molar-refractivity contribution in [2.45, 2.75) is 176 Å². The highest BCUT2D eigenvalue weighted by Gasteiger charge is 2.13. The van der Waals surface area contributed by atoms with Crippen molar-refractivity contribution in [1.82, 2.24) is 0 Å². The standard InChI is InChI=1S/C35H64O/c1-6-7-8-9-14-20-25-32-28-29-35(36)34(33(32)26-21-17-16-19-24-31(4)5)27-22-15-12-10-11-13-18-23-30(2)3/h28-31,36H,6-27H2,1-5H3. The van der Waals surface area contributed by atoms with Gasteiger partial charge < -0.3 is 5.11 Å². The Kier molecular flexibility index (Phi) is 20.2. The van der Waals surface area contributed by atoms with Crippen LogP contribution in [-0.4, -0.2) is 5.11 Å². The van der Waals surface area contributed by atoms with Gasteiger partial charge in [-0.2, -0.15) is 0 Å². The van der Waals surface area contributed by atoms with E-state index in [1.54, 1.807) is 0 Å². The molecule has 0 aliphatic rings. The quantitative estimate of drug-likeness (QED) is 0.140. The van der Waals surface area contributed by atoms with Crippen molar-refractivity contribution < 1.29 is 5.11 Å². The Balaban J connectivity index is 2.57. The van der Waals surface area contributed by atoms with E-state index in [0.29, 0.717) is 5.75 Å². The first-order valence-corrected chi connectivity index (χ1v) is 16.3. The summed E-state index contributed by atoms with van der Waals surface area (Å²) in [4.78, 5) is 0. The number of aromatic hydroxyl groups is 1. The molecule has 1 heteroatoms. The highest BCUT2D eigenvalue weighted by Crippen LogP contribution is 2.30. The Morgan fingerprint density at radius 1 is 0.500 bits per heavy atom. The van der Waals surface area contributed by atoms with Crippen molar-refractivity contribution in [3.8, 4) is 5.75 Å². The van der Waals surface area contributed by atoms with Crippen LogP contribution in [0, 0.1) is 11.8 Å². The lowest BCUT2D eigenvalue weighted by molar-refractivity contribution is 0.462. The van der Waals surface area contributed by atoms with Crippen LogP contribution in [0.25, 0.3) is 0 Å². The SMILES string of the molecule is CCCCCCCCc1ccc(O)c(CCCCCCCCCC(C)C)c1CCCCCCC(C)C. The molecule has 0 atom stereocenters. The van der Waals surface area contributed by atoms with Crippen molar-refractivity contribution in [3.63, 3.8) is 0 Å². The number of phenolic OH excluding ortho intramolecular Hbond substituents is 1. The van der Waals surface area contributed by atoms with Crippen molar-refractivity contribution in [1.29, 1.82) is 0 Å². The molecule has 1 N–H and O–H groups in total. The van der Waals surface area contributed by atoms with Gasteiger partial charge in [-0.1, -0.05) is 143 Å². The Labute approximate surface area is 227 Å². The van der Waals surface area contributed by atoms with Crippen LogP contribution in [-0.2, 0) is 19.3 Å². The zero-order chi connectivity index (χ0) is 26.4. The van der Waals surface area contributed by atoms with Crippen LogP contribution in [0.2, 0.25) is 0 Å². The summed E-state index contributed by atoms with van der Waals surface area (Å²) in [6.07, 6.45) is 29.1. The topological polar surface area (TPSA) is 20.2 Å². The first kappa shape index (κ1) is 33.0. The predicted molar refractivity (Wildman–Crippen MR) is 162 cm³/mol. The van der Waals surface area contributed by atoms with E-state index in [1.807, 2.05) is 6.07 Å². The lowest BCUT2D eigenvalue weighted by atomic mass is 9.89. The molecule has 0 aliphatic heterocycles. The summed E-state index contributed by atoms with van der Waals surface area (Å²) < 4.78 is 0. The van der Waals surface area contributed by atoms with E-state index in [9.17, 15) is 5.11 Å². The average Bonchev–Trinajstić information content (AvgIpc) is 2.84. The third-order valence-electron chi connectivity index (χ3n) is 7.97. The molecule has 0 radical (unpaired) electrons. The van der Waals surface area contributed by atoms with E-state index in [4.69, 9.17) is 0 Å². The summed E-state index contributed by atoms with van der Waals surface area (Å²) in [5, 5.41) is 10.8. The van der Waals surface area contributed by atoms with Gasteiger partial charge in [0, 0.05) is 0 Å². The number of unbranched alkanes of at least 4 members (excludes halogenated alkanes) is 14. The van der Waals surface area contributed by atoms with E-state index < -0.39 is 0 Å². The lowest BCUT2D eigenvalue weighted by Crippen LogP contribution is -2.03. The molecule has 0 unspecified atom stereocenters. The van der Waals surface area contributed by atoms with Gasteiger partial charge in [-0.05, 0) is 73.1 Å². The second kappa shape index (κ2) is 22.0. The molecule has 0 aromatic heterocycles. The van der Waals surface area contributed by atoms with Crippen LogP contribution in [0.15, 0.2) is 12.1 Å². The molecule has 210 valence electrons. The first-order chi connectivity index (χ1) is 17.5. The number of benzene rings is 1. The van der Waals surface area contributed by atoms with Crippen LogP contribution in [0.3, 0.4) is 0 Å². The Morgan fingerprint density at radius 2 is 0.917 bits per heavy atom. The van der Waals surface area contributed by atoms with Crippen molar-refractivity contribution in [2.24, 2.45) is 11.8 Å². The fourth-order valence-corrected chi connectivity index (χ4v) is 5.60. The molecule has 36 heavy (non-hydrogen) atoms. The van der Waals surface area contributed by atoms with E-state index in [-0.39, 0.29) is 0 Å². The number of phenols is 1. The van der Waals surface area contributed by atoms with Gasteiger partial charge in [0.25, 0.3) is 0 Å². The third kappa shape index (κ3) is 16.7. The van der Waals surface area contributed by atoms with Crippen LogP contribution >= 0.6 is 0 Å². The normalized spacial score (nSPS) is 11.8. The van der Waals surface area contributed by atoms with Gasteiger partial charge in [0.1, 0.15) is 5.75 Å². The number of aryl methyl sites for hydroxylation is 1. The molecular formula is C35H64O. The highest BCUT2D eigenvalue weighted by molar-refractivity contribution is 5.45. The van der Waals surface area contributed by atoms with E-state index in [0.717, 1.165) is 24.7 Å². The maximum atomic E-state index is 10.8. The van der Waals surface area contributed by atoms with Gasteiger partial charge in [0.2, 0.25) is 0 Å². The van der Waals surface area contributed by atoms with Crippen molar-refractivity contribution in [2.75, 3.05) is 0 Å². The molecular weight excluding hydrogens is 436 g/mol. The highest BCUT2D eigenvalue weighted by atomic mass is 16.3. The molecule has 1 nitrogen and oxygen atoms in total. The van der Waals surface area contributed by atoms with Crippen LogP contribution in [0.5, 0.6) is 5.75 Å². The minimum Gasteiger partial charge on any atom is -0.508 e. The van der Waals surface area contributed by atoms with Crippen molar-refractivity contribution >= 4 is 0 Å². The second-order valence-corrected chi connectivity index (χ2v) is 12.5. The molecule has 0 amide bonds. The minimum absolute atomic E-state index is 0.560. The van der Waals surface area contributed by atoms with Crippen LogP contribution in [0.1, 0.15) is 173 Å². The molecule has 0 bridgehead atoms. The molecule has 0 saturated carbocycles. The Morgan fingerprint density at radius 3 is 1.42 bits per heavy atom. The summed E-state index contributed by atoms with van der Waals surface area (Å²) in [5.41, 5.74) is 4.34. The zero-order valence-corrected chi connectivity index (χ0v) is 25.3. The number of hydrogen-bond donors (Lipinski definition) is 1. The van der Waals surface area contributed by atoms with Gasteiger partial charge in [0.15, 0.2) is 0 Å². The van der Waals surface area contributed by atoms with Crippen molar-refractivity contribution in [3.05, 3.63) is 28.8 Å². The van der Waals surface area contributed by atoms with Gasteiger partial charge in [-0.25, -0.2) is 0 Å². The fourth-order valence-electron chi connectivity index (χ4n) is 5.60. The Hall–Kier alpha value is -0.980. The van der Waals surface area contributed by atoms with Gasteiger partial charge in [-0.3, -0.25) is 0 Å². The summed E-state index contributed by atoms with van der Waals surface area (Å²) in [5.74, 6) is 2.24. The van der Waals surface area contributed by atoms with Crippen LogP contribution in [0.4, 0.5) is 0 Å². The summed E-state index contributed by atoms with van der Waals surface area (Å²) in [7, 11) is 0. The maximum absolute atomic E-state index is 10.8. The van der Waals surface area contributed by atoms with Gasteiger partial charge in [-0.15, -0.1) is 0 Å². The number of hydrogen-bond acceptors (Lipinski definition) is 1. The molecule has 0 saturated heterocycles. The zero-order valence-electron chi connectivity index (χ0n) is 25.3. The summed E-state index contributed by atoms with van der Waals surface area (Å²) >= 11 is 0. The van der Waals surface area contributed by atoms with Crippen LogP contribution < -0.4 is 0 Å². The number of rotatable bonds is 24. The fraction of sp³-hybridized carbons (Fsp3) is 0.829. The molecule has 0 fully saturated rings. The average molecular weight is 501 g/mol. The lowest BCUT2D eigenvalue weighted by Gasteiger charge is -2.17. The van der Waals surface area contributed by atoms with Gasteiger partial charge in [0.05, 0.1) is 0 Å². The Bertz CT molecular complexity index is 630. The second-order valence-electron chi connectivity index (χ2n) is 12.5. The molecule has 1 aromatic rings. The molecule has 0 heterocycles. The smallest absolute Gasteiger partial charge is 0.119 e.